The molecule has 20 heavy (non-hydrogen) atoms. The SMILES string of the molecule is COc1ccc(C(=O)CC2CCCN2C=O)cc1OC. The highest BCUT2D eigenvalue weighted by Crippen LogP contribution is 2.29. The molecule has 1 fully saturated rings. The van der Waals surface area contributed by atoms with Crippen molar-refractivity contribution in [3.05, 3.63) is 23.8 Å². The normalized spacial score (nSPS) is 17.9. The van der Waals surface area contributed by atoms with Gasteiger partial charge in [-0.15, -0.1) is 0 Å². The molecule has 1 aliphatic heterocycles. The summed E-state index contributed by atoms with van der Waals surface area (Å²) in [4.78, 5) is 24.9. The van der Waals surface area contributed by atoms with Crippen LogP contribution < -0.4 is 9.47 Å². The third kappa shape index (κ3) is 2.92. The molecule has 1 saturated heterocycles. The van der Waals surface area contributed by atoms with E-state index in [1.54, 1.807) is 30.2 Å². The van der Waals surface area contributed by atoms with Crippen LogP contribution in [0, 0.1) is 0 Å². The number of nitrogens with zero attached hydrogens (tertiary/aromatic N) is 1. The quantitative estimate of drug-likeness (QED) is 0.588. The first kappa shape index (κ1) is 14.4. The van der Waals surface area contributed by atoms with Crippen LogP contribution in [-0.2, 0) is 4.79 Å². The lowest BCUT2D eigenvalue weighted by molar-refractivity contribution is -0.118. The second kappa shape index (κ2) is 6.41. The van der Waals surface area contributed by atoms with Crippen molar-refractivity contribution >= 4 is 12.2 Å². The van der Waals surface area contributed by atoms with E-state index < -0.39 is 0 Å². The maximum Gasteiger partial charge on any atom is 0.209 e. The van der Waals surface area contributed by atoms with E-state index in [9.17, 15) is 9.59 Å². The summed E-state index contributed by atoms with van der Waals surface area (Å²) in [6.45, 7) is 0.743. The van der Waals surface area contributed by atoms with Crippen molar-refractivity contribution in [3.63, 3.8) is 0 Å². The van der Waals surface area contributed by atoms with Gasteiger partial charge in [0.1, 0.15) is 0 Å². The predicted octanol–water partition coefficient (Wildman–Crippen LogP) is 1.90. The van der Waals surface area contributed by atoms with Gasteiger partial charge >= 0.3 is 0 Å². The highest BCUT2D eigenvalue weighted by atomic mass is 16.5. The summed E-state index contributed by atoms with van der Waals surface area (Å²) in [5, 5.41) is 0. The zero-order valence-electron chi connectivity index (χ0n) is 11.8. The van der Waals surface area contributed by atoms with E-state index in [0.29, 0.717) is 23.5 Å². The molecule has 1 heterocycles. The van der Waals surface area contributed by atoms with Gasteiger partial charge in [0.05, 0.1) is 14.2 Å². The van der Waals surface area contributed by atoms with Crippen molar-refractivity contribution in [2.75, 3.05) is 20.8 Å². The second-order valence-electron chi connectivity index (χ2n) is 4.84. The number of Topliss-reactive ketones (excluding diaryl/α,β-unsaturated/α-hetero) is 1. The Balaban J connectivity index is 2.11. The highest BCUT2D eigenvalue weighted by Gasteiger charge is 2.26. The van der Waals surface area contributed by atoms with Crippen molar-refractivity contribution < 1.29 is 19.1 Å². The summed E-state index contributed by atoms with van der Waals surface area (Å²) < 4.78 is 10.3. The molecule has 0 spiro atoms. The molecule has 1 aliphatic rings. The van der Waals surface area contributed by atoms with E-state index in [2.05, 4.69) is 0 Å². The van der Waals surface area contributed by atoms with Gasteiger partial charge in [0.2, 0.25) is 6.41 Å². The Bertz CT molecular complexity index is 501. The molecule has 5 heteroatoms. The Hall–Kier alpha value is -2.04. The van der Waals surface area contributed by atoms with Gasteiger partial charge in [0.25, 0.3) is 0 Å². The monoisotopic (exact) mass is 277 g/mol. The van der Waals surface area contributed by atoms with Gasteiger partial charge in [-0.2, -0.15) is 0 Å². The van der Waals surface area contributed by atoms with Gasteiger partial charge in [-0.1, -0.05) is 0 Å². The number of carbonyl (C=O) groups is 2. The highest BCUT2D eigenvalue weighted by molar-refractivity contribution is 5.97. The largest absolute Gasteiger partial charge is 0.493 e. The maximum atomic E-state index is 12.3. The fourth-order valence-electron chi connectivity index (χ4n) is 2.56. The number of carbonyl (C=O) groups excluding carboxylic acids is 2. The lowest BCUT2D eigenvalue weighted by Gasteiger charge is -2.19. The molecular weight excluding hydrogens is 258 g/mol. The van der Waals surface area contributed by atoms with Crippen LogP contribution in [0.1, 0.15) is 29.6 Å². The van der Waals surface area contributed by atoms with Crippen LogP contribution in [0.3, 0.4) is 0 Å². The van der Waals surface area contributed by atoms with Crippen molar-refractivity contribution in [2.45, 2.75) is 25.3 Å². The number of benzene rings is 1. The molecule has 1 atom stereocenters. The Morgan fingerprint density at radius 1 is 1.35 bits per heavy atom. The minimum atomic E-state index is 0.0182. The second-order valence-corrected chi connectivity index (χ2v) is 4.84. The lowest BCUT2D eigenvalue weighted by Crippen LogP contribution is -2.30. The zero-order chi connectivity index (χ0) is 14.5. The average Bonchev–Trinajstić information content (AvgIpc) is 2.93. The molecule has 0 saturated carbocycles. The summed E-state index contributed by atoms with van der Waals surface area (Å²) >= 11 is 0. The number of hydrogen-bond donors (Lipinski definition) is 0. The van der Waals surface area contributed by atoms with E-state index >= 15 is 0 Å². The number of ketones is 1. The number of ether oxygens (including phenoxy) is 2. The molecule has 0 aliphatic carbocycles. The van der Waals surface area contributed by atoms with Crippen molar-refractivity contribution in [2.24, 2.45) is 0 Å². The van der Waals surface area contributed by atoms with Crippen LogP contribution in [0.2, 0.25) is 0 Å². The molecule has 1 aromatic carbocycles. The van der Waals surface area contributed by atoms with Crippen LogP contribution in [0.25, 0.3) is 0 Å². The molecule has 5 nitrogen and oxygen atoms in total. The molecule has 1 amide bonds. The number of rotatable bonds is 6. The molecule has 0 N–H and O–H groups in total. The topological polar surface area (TPSA) is 55.8 Å². The number of hydrogen-bond acceptors (Lipinski definition) is 4. The van der Waals surface area contributed by atoms with Gasteiger partial charge < -0.3 is 14.4 Å². The lowest BCUT2D eigenvalue weighted by atomic mass is 10.0. The van der Waals surface area contributed by atoms with E-state index in [1.165, 1.54) is 7.11 Å². The van der Waals surface area contributed by atoms with E-state index in [0.717, 1.165) is 25.8 Å². The maximum absolute atomic E-state index is 12.3. The fourth-order valence-corrected chi connectivity index (χ4v) is 2.56. The van der Waals surface area contributed by atoms with Crippen molar-refractivity contribution in [3.8, 4) is 11.5 Å². The third-order valence-corrected chi connectivity index (χ3v) is 3.68. The van der Waals surface area contributed by atoms with Gasteiger partial charge in [-0.05, 0) is 31.0 Å². The first-order valence-corrected chi connectivity index (χ1v) is 6.66. The summed E-state index contributed by atoms with van der Waals surface area (Å²) in [6, 6.07) is 5.15. The third-order valence-electron chi connectivity index (χ3n) is 3.68. The fraction of sp³-hybridized carbons (Fsp3) is 0.467. The smallest absolute Gasteiger partial charge is 0.209 e. The van der Waals surface area contributed by atoms with Gasteiger partial charge in [0, 0.05) is 24.6 Å². The van der Waals surface area contributed by atoms with Gasteiger partial charge in [-0.25, -0.2) is 0 Å². The van der Waals surface area contributed by atoms with Crippen LogP contribution in [0.15, 0.2) is 18.2 Å². The van der Waals surface area contributed by atoms with Crippen LogP contribution in [0.5, 0.6) is 11.5 Å². The van der Waals surface area contributed by atoms with Crippen molar-refractivity contribution in [1.29, 1.82) is 0 Å². The Labute approximate surface area is 118 Å². The average molecular weight is 277 g/mol. The van der Waals surface area contributed by atoms with E-state index in [4.69, 9.17) is 9.47 Å². The van der Waals surface area contributed by atoms with Crippen LogP contribution in [0.4, 0.5) is 0 Å². The first-order valence-electron chi connectivity index (χ1n) is 6.66. The van der Waals surface area contributed by atoms with E-state index in [1.807, 2.05) is 0 Å². The Morgan fingerprint density at radius 3 is 2.75 bits per heavy atom. The molecular formula is C15H19NO4. The molecule has 2 rings (SSSR count). The van der Waals surface area contributed by atoms with Crippen LogP contribution >= 0.6 is 0 Å². The minimum Gasteiger partial charge on any atom is -0.493 e. The summed E-state index contributed by atoms with van der Waals surface area (Å²) in [5.41, 5.74) is 0.584. The molecule has 0 bridgehead atoms. The number of methoxy groups -OCH3 is 2. The molecule has 1 unspecified atom stereocenters. The zero-order valence-corrected chi connectivity index (χ0v) is 11.8. The first-order chi connectivity index (χ1) is 9.69. The van der Waals surface area contributed by atoms with Crippen molar-refractivity contribution in [1.82, 2.24) is 4.90 Å². The standard InChI is InChI=1S/C15H19NO4/c1-19-14-6-5-11(8-15(14)20-2)13(18)9-12-4-3-7-16(12)10-17/h5-6,8,10,12H,3-4,7,9H2,1-2H3. The molecule has 108 valence electrons. The van der Waals surface area contributed by atoms with Gasteiger partial charge in [-0.3, -0.25) is 9.59 Å². The molecule has 0 radical (unpaired) electrons. The predicted molar refractivity (Wildman–Crippen MR) is 74.3 cm³/mol. The molecule has 1 aromatic rings. The summed E-state index contributed by atoms with van der Waals surface area (Å²) in [5.74, 6) is 1.15. The minimum absolute atomic E-state index is 0.0182. The number of likely N-dealkylation sites (tertiary alicyclic amines) is 1. The van der Waals surface area contributed by atoms with Gasteiger partial charge in [0.15, 0.2) is 17.3 Å². The summed E-state index contributed by atoms with van der Waals surface area (Å²) in [7, 11) is 3.09. The Morgan fingerprint density at radius 2 is 2.10 bits per heavy atom. The van der Waals surface area contributed by atoms with E-state index in [-0.39, 0.29) is 11.8 Å². The molecule has 0 aromatic heterocycles. The van der Waals surface area contributed by atoms with Crippen LogP contribution in [-0.4, -0.2) is 43.9 Å². The number of amides is 1. The summed E-state index contributed by atoms with van der Waals surface area (Å²) in [6.07, 6.45) is 3.04. The Kier molecular flexibility index (Phi) is 4.61.